The summed E-state index contributed by atoms with van der Waals surface area (Å²) in [6.45, 7) is 0.226. The van der Waals surface area contributed by atoms with Gasteiger partial charge in [0.05, 0.1) is 8.81 Å². The van der Waals surface area contributed by atoms with Crippen molar-refractivity contribution in [1.82, 2.24) is 4.72 Å². The van der Waals surface area contributed by atoms with Gasteiger partial charge in [0.2, 0.25) is 10.0 Å². The third-order valence-electron chi connectivity index (χ3n) is 3.10. The molecular weight excluding hydrogens is 398 g/mol. The number of halogens is 2. The minimum Gasteiger partial charge on any atom is -0.488 e. The lowest BCUT2D eigenvalue weighted by Crippen LogP contribution is -2.34. The molecular formula is C13H11BrClNO3S2. The highest BCUT2D eigenvalue weighted by Gasteiger charge is 2.25. The minimum absolute atomic E-state index is 0.184. The molecule has 2 heterocycles. The lowest BCUT2D eigenvalue weighted by molar-refractivity contribution is 0.236. The van der Waals surface area contributed by atoms with E-state index in [4.69, 9.17) is 16.3 Å². The fraction of sp³-hybridized carbons (Fsp3) is 0.231. The van der Waals surface area contributed by atoms with E-state index >= 15 is 0 Å². The van der Waals surface area contributed by atoms with Crippen molar-refractivity contribution >= 4 is 48.9 Å². The van der Waals surface area contributed by atoms with Crippen molar-refractivity contribution in [3.05, 3.63) is 44.7 Å². The number of rotatable bonds is 4. The molecule has 1 unspecified atom stereocenters. The van der Waals surface area contributed by atoms with Gasteiger partial charge in [-0.25, -0.2) is 13.1 Å². The molecule has 1 atom stereocenters. The van der Waals surface area contributed by atoms with Crippen molar-refractivity contribution < 1.29 is 13.2 Å². The monoisotopic (exact) mass is 407 g/mol. The number of hydrogen-bond acceptors (Lipinski definition) is 4. The molecule has 1 aromatic carbocycles. The van der Waals surface area contributed by atoms with Crippen LogP contribution in [0.4, 0.5) is 0 Å². The molecule has 0 spiro atoms. The molecule has 0 fully saturated rings. The van der Waals surface area contributed by atoms with E-state index in [0.717, 1.165) is 22.6 Å². The van der Waals surface area contributed by atoms with Gasteiger partial charge >= 0.3 is 0 Å². The van der Waals surface area contributed by atoms with Crippen LogP contribution in [-0.2, 0) is 16.4 Å². The Kier molecular flexibility index (Phi) is 4.29. The third-order valence-corrected chi connectivity index (χ3v) is 7.47. The van der Waals surface area contributed by atoms with Crippen LogP contribution >= 0.6 is 38.9 Å². The second-order valence-electron chi connectivity index (χ2n) is 4.59. The number of thiophene rings is 1. The molecule has 1 N–H and O–H groups in total. The molecule has 4 nitrogen and oxygen atoms in total. The van der Waals surface area contributed by atoms with Crippen molar-refractivity contribution in [2.75, 3.05) is 6.54 Å². The normalized spacial score (nSPS) is 17.5. The molecule has 0 saturated carbocycles. The number of ether oxygens (including phenoxy) is 1. The van der Waals surface area contributed by atoms with Gasteiger partial charge < -0.3 is 4.74 Å². The largest absolute Gasteiger partial charge is 0.488 e. The highest BCUT2D eigenvalue weighted by molar-refractivity contribution is 9.11. The summed E-state index contributed by atoms with van der Waals surface area (Å²) in [7, 11) is -3.56. The van der Waals surface area contributed by atoms with Gasteiger partial charge in [-0.05, 0) is 33.6 Å². The zero-order chi connectivity index (χ0) is 15.0. The van der Waals surface area contributed by atoms with Gasteiger partial charge in [0, 0.05) is 13.0 Å². The first-order valence-electron chi connectivity index (χ1n) is 6.15. The van der Waals surface area contributed by atoms with Crippen molar-refractivity contribution in [3.63, 3.8) is 0 Å². The Morgan fingerprint density at radius 1 is 1.43 bits per heavy atom. The van der Waals surface area contributed by atoms with Crippen LogP contribution < -0.4 is 9.46 Å². The molecule has 0 radical (unpaired) electrons. The van der Waals surface area contributed by atoms with E-state index < -0.39 is 10.0 Å². The number of para-hydroxylation sites is 1. The van der Waals surface area contributed by atoms with Gasteiger partial charge in [0.1, 0.15) is 16.1 Å². The van der Waals surface area contributed by atoms with Crippen molar-refractivity contribution in [1.29, 1.82) is 0 Å². The topological polar surface area (TPSA) is 55.4 Å². The Morgan fingerprint density at radius 2 is 2.19 bits per heavy atom. The summed E-state index contributed by atoms with van der Waals surface area (Å²) in [5.41, 5.74) is 1.10. The van der Waals surface area contributed by atoms with Gasteiger partial charge in [-0.15, -0.1) is 11.3 Å². The van der Waals surface area contributed by atoms with Crippen LogP contribution in [0.15, 0.2) is 38.3 Å². The fourth-order valence-electron chi connectivity index (χ4n) is 2.10. The van der Waals surface area contributed by atoms with Crippen molar-refractivity contribution in [2.24, 2.45) is 0 Å². The second-order valence-corrected chi connectivity index (χ2v) is 9.36. The highest BCUT2D eigenvalue weighted by atomic mass is 79.9. The second kappa shape index (κ2) is 5.89. The van der Waals surface area contributed by atoms with E-state index in [1.54, 1.807) is 0 Å². The molecule has 1 aromatic heterocycles. The first-order chi connectivity index (χ1) is 9.95. The third kappa shape index (κ3) is 3.27. The molecule has 8 heteroatoms. The number of sulfonamides is 1. The molecule has 0 aliphatic carbocycles. The zero-order valence-corrected chi connectivity index (χ0v) is 14.7. The van der Waals surface area contributed by atoms with Gasteiger partial charge in [0.25, 0.3) is 0 Å². The molecule has 0 amide bonds. The lowest BCUT2D eigenvalue weighted by Gasteiger charge is -2.11. The molecule has 2 aromatic rings. The predicted molar refractivity (Wildman–Crippen MR) is 86.8 cm³/mol. The highest BCUT2D eigenvalue weighted by Crippen LogP contribution is 2.34. The maximum absolute atomic E-state index is 12.2. The van der Waals surface area contributed by atoms with Gasteiger partial charge in [-0.3, -0.25) is 0 Å². The predicted octanol–water partition coefficient (Wildman–Crippen LogP) is 3.45. The lowest BCUT2D eigenvalue weighted by atomic mass is 10.1. The average Bonchev–Trinajstić information content (AvgIpc) is 3.01. The average molecular weight is 409 g/mol. The molecule has 112 valence electrons. The number of benzene rings is 1. The quantitative estimate of drug-likeness (QED) is 0.843. The first kappa shape index (κ1) is 15.3. The Bertz CT molecular complexity index is 731. The van der Waals surface area contributed by atoms with Crippen LogP contribution in [0.3, 0.4) is 0 Å². The maximum Gasteiger partial charge on any atom is 0.250 e. The van der Waals surface area contributed by atoms with Gasteiger partial charge in [-0.1, -0.05) is 29.8 Å². The fourth-order valence-corrected chi connectivity index (χ4v) is 5.61. The SMILES string of the molecule is O=S(=O)(NCC1Cc2ccccc2O1)c1cc(Cl)c(Br)s1. The minimum atomic E-state index is -3.56. The maximum atomic E-state index is 12.2. The van der Waals surface area contributed by atoms with Crippen LogP contribution in [-0.4, -0.2) is 21.1 Å². The van der Waals surface area contributed by atoms with E-state index in [1.165, 1.54) is 6.07 Å². The number of fused-ring (bicyclic) bond motifs is 1. The Morgan fingerprint density at radius 3 is 2.86 bits per heavy atom. The Hall–Kier alpha value is -0.600. The summed E-state index contributed by atoms with van der Waals surface area (Å²) in [4.78, 5) is 0. The van der Waals surface area contributed by atoms with Crippen LogP contribution in [0.2, 0.25) is 5.02 Å². The van der Waals surface area contributed by atoms with E-state index in [-0.39, 0.29) is 16.9 Å². The summed E-state index contributed by atoms with van der Waals surface area (Å²) < 4.78 is 33.5. The van der Waals surface area contributed by atoms with E-state index in [0.29, 0.717) is 15.2 Å². The number of hydrogen-bond donors (Lipinski definition) is 1. The van der Waals surface area contributed by atoms with E-state index in [1.807, 2.05) is 24.3 Å². The molecule has 1 aliphatic heterocycles. The smallest absolute Gasteiger partial charge is 0.250 e. The van der Waals surface area contributed by atoms with Crippen LogP contribution in [0.1, 0.15) is 5.56 Å². The zero-order valence-electron chi connectivity index (χ0n) is 10.7. The summed E-state index contributed by atoms with van der Waals surface area (Å²) >= 11 is 10.2. The standard InChI is InChI=1S/C13H11BrClNO3S2/c14-13-10(15)6-12(20-13)21(17,18)16-7-9-5-8-3-1-2-4-11(8)19-9/h1-4,6,9,16H,5,7H2. The van der Waals surface area contributed by atoms with Crippen molar-refractivity contribution in [3.8, 4) is 5.75 Å². The number of nitrogens with one attached hydrogen (secondary N) is 1. The summed E-state index contributed by atoms with van der Waals surface area (Å²) in [6, 6.07) is 9.15. The molecule has 0 bridgehead atoms. The summed E-state index contributed by atoms with van der Waals surface area (Å²) in [6.07, 6.45) is 0.518. The van der Waals surface area contributed by atoms with E-state index in [9.17, 15) is 8.42 Å². The molecule has 21 heavy (non-hydrogen) atoms. The van der Waals surface area contributed by atoms with Crippen molar-refractivity contribution in [2.45, 2.75) is 16.7 Å². The van der Waals surface area contributed by atoms with Gasteiger partial charge in [0.15, 0.2) is 0 Å². The van der Waals surface area contributed by atoms with Crippen LogP contribution in [0.5, 0.6) is 5.75 Å². The molecule has 1 aliphatic rings. The molecule has 0 saturated heterocycles. The molecule has 3 rings (SSSR count). The first-order valence-corrected chi connectivity index (χ1v) is 9.62. The van der Waals surface area contributed by atoms with Gasteiger partial charge in [-0.2, -0.15) is 0 Å². The van der Waals surface area contributed by atoms with Crippen LogP contribution in [0, 0.1) is 0 Å². The summed E-state index contributed by atoms with van der Waals surface area (Å²) in [5, 5.41) is 0.393. The summed E-state index contributed by atoms with van der Waals surface area (Å²) in [5.74, 6) is 0.823. The Balaban J connectivity index is 1.66. The van der Waals surface area contributed by atoms with E-state index in [2.05, 4.69) is 20.7 Å². The Labute approximate surface area is 140 Å². The van der Waals surface area contributed by atoms with Crippen LogP contribution in [0.25, 0.3) is 0 Å².